The zero-order chi connectivity index (χ0) is 8.36. The fourth-order valence-electron chi connectivity index (χ4n) is 0.249. The molecule has 0 aromatic rings. The normalized spacial score (nSPS) is 13.4. The van der Waals surface area contributed by atoms with Gasteiger partial charge in [0.2, 0.25) is 0 Å². The summed E-state index contributed by atoms with van der Waals surface area (Å²) < 4.78 is 13.6. The summed E-state index contributed by atoms with van der Waals surface area (Å²) in [5, 5.41) is 9.80. The second-order valence-corrected chi connectivity index (χ2v) is 2.75. The monoisotopic (exact) mass is 208 g/mol. The van der Waals surface area contributed by atoms with Crippen molar-refractivity contribution in [2.75, 3.05) is 0 Å². The molecule has 0 radical (unpaired) electrons. The number of carbonyl (C=O) groups excluding carboxylic acids is 1. The average molecular weight is 208 g/mol. The standard InChI is InChI=1S/C3H7O6P.K/c1-2(3(4)5)9-10(6,7)8;/h2H,1H3,(H,4,5)(H2,6,7,8);/q;+1/p-1/t2-;/m0./s1. The van der Waals surface area contributed by atoms with Gasteiger partial charge in [-0.3, -0.25) is 4.52 Å². The van der Waals surface area contributed by atoms with E-state index in [1.54, 1.807) is 0 Å². The second-order valence-electron chi connectivity index (χ2n) is 1.56. The minimum Gasteiger partial charge on any atom is -0.547 e. The fraction of sp³-hybridized carbons (Fsp3) is 0.667. The Morgan fingerprint density at radius 3 is 2.09 bits per heavy atom. The molecule has 0 rings (SSSR count). The number of carbonyl (C=O) groups is 1. The molecular formula is C3H6KO6P. The molecule has 0 aliphatic carbocycles. The summed E-state index contributed by atoms with van der Waals surface area (Å²) in [6.07, 6.45) is -1.60. The van der Waals surface area contributed by atoms with E-state index in [4.69, 9.17) is 9.79 Å². The number of hydrogen-bond acceptors (Lipinski definition) is 4. The Bertz CT molecular complexity index is 175. The van der Waals surface area contributed by atoms with Crippen LogP contribution in [0, 0.1) is 0 Å². The van der Waals surface area contributed by atoms with Crippen LogP contribution in [0.2, 0.25) is 0 Å². The van der Waals surface area contributed by atoms with Gasteiger partial charge in [0.25, 0.3) is 0 Å². The maximum Gasteiger partial charge on any atom is 1.00 e. The SMILES string of the molecule is C[C@H](OP(=O)(O)O)C(=O)[O-].[K+]. The molecule has 0 fully saturated rings. The van der Waals surface area contributed by atoms with Gasteiger partial charge in [0.05, 0.1) is 5.97 Å². The quantitative estimate of drug-likeness (QED) is 0.356. The molecule has 0 amide bonds. The summed E-state index contributed by atoms with van der Waals surface area (Å²) in [7, 11) is -4.70. The first-order valence-electron chi connectivity index (χ1n) is 2.28. The van der Waals surface area contributed by atoms with Crippen molar-refractivity contribution in [3.63, 3.8) is 0 Å². The number of aliphatic carboxylic acids is 1. The van der Waals surface area contributed by atoms with E-state index in [-0.39, 0.29) is 51.4 Å². The van der Waals surface area contributed by atoms with Crippen LogP contribution >= 0.6 is 7.82 Å². The van der Waals surface area contributed by atoms with E-state index >= 15 is 0 Å². The van der Waals surface area contributed by atoms with Gasteiger partial charge in [-0.25, -0.2) is 4.57 Å². The van der Waals surface area contributed by atoms with Crippen molar-refractivity contribution in [3.8, 4) is 0 Å². The predicted molar refractivity (Wildman–Crippen MR) is 27.6 cm³/mol. The number of rotatable bonds is 3. The molecule has 0 aliphatic rings. The smallest absolute Gasteiger partial charge is 0.547 e. The molecule has 0 saturated heterocycles. The van der Waals surface area contributed by atoms with Gasteiger partial charge in [-0.2, -0.15) is 0 Å². The summed E-state index contributed by atoms with van der Waals surface area (Å²) >= 11 is 0. The summed E-state index contributed by atoms with van der Waals surface area (Å²) in [4.78, 5) is 25.9. The number of hydrogen-bond donors (Lipinski definition) is 2. The van der Waals surface area contributed by atoms with Gasteiger partial charge < -0.3 is 19.7 Å². The van der Waals surface area contributed by atoms with Crippen LogP contribution in [-0.4, -0.2) is 21.9 Å². The van der Waals surface area contributed by atoms with Crippen LogP contribution in [0.4, 0.5) is 0 Å². The average Bonchev–Trinajstić information content (AvgIpc) is 1.60. The van der Waals surface area contributed by atoms with E-state index in [1.807, 2.05) is 0 Å². The van der Waals surface area contributed by atoms with Gasteiger partial charge in [-0.1, -0.05) is 0 Å². The maximum absolute atomic E-state index is 9.93. The van der Waals surface area contributed by atoms with Gasteiger partial charge in [0.15, 0.2) is 0 Å². The number of carboxylic acids is 1. The van der Waals surface area contributed by atoms with Crippen molar-refractivity contribution < 1.29 is 80.2 Å². The molecule has 0 spiro atoms. The minimum atomic E-state index is -4.70. The molecule has 0 aliphatic heterocycles. The van der Waals surface area contributed by atoms with E-state index in [0.29, 0.717) is 0 Å². The van der Waals surface area contributed by atoms with Crippen LogP contribution in [0.25, 0.3) is 0 Å². The largest absolute Gasteiger partial charge is 1.00 e. The molecule has 0 aromatic heterocycles. The van der Waals surface area contributed by atoms with E-state index in [2.05, 4.69) is 4.52 Å². The molecule has 0 unspecified atom stereocenters. The summed E-state index contributed by atoms with van der Waals surface area (Å²) in [6, 6.07) is 0. The third-order valence-electron chi connectivity index (χ3n) is 0.627. The van der Waals surface area contributed by atoms with Gasteiger partial charge in [0.1, 0.15) is 6.10 Å². The van der Waals surface area contributed by atoms with E-state index in [0.717, 1.165) is 6.92 Å². The van der Waals surface area contributed by atoms with Crippen LogP contribution in [0.5, 0.6) is 0 Å². The van der Waals surface area contributed by atoms with Crippen LogP contribution in [0.1, 0.15) is 6.92 Å². The number of carboxylic acid groups (broad SMARTS) is 1. The first kappa shape index (κ1) is 14.7. The Kier molecular flexibility index (Phi) is 7.75. The first-order valence-corrected chi connectivity index (χ1v) is 3.81. The molecule has 60 valence electrons. The Labute approximate surface area is 106 Å². The van der Waals surface area contributed by atoms with Crippen molar-refractivity contribution >= 4 is 13.8 Å². The van der Waals surface area contributed by atoms with Gasteiger partial charge >= 0.3 is 59.2 Å². The molecule has 6 nitrogen and oxygen atoms in total. The predicted octanol–water partition coefficient (Wildman–Crippen LogP) is -4.76. The molecular weight excluding hydrogens is 202 g/mol. The minimum absolute atomic E-state index is 0. The summed E-state index contributed by atoms with van der Waals surface area (Å²) in [5.74, 6) is -1.66. The third kappa shape index (κ3) is 9.13. The van der Waals surface area contributed by atoms with Crippen LogP contribution in [0.15, 0.2) is 0 Å². The zero-order valence-corrected chi connectivity index (χ0v) is 10.1. The van der Waals surface area contributed by atoms with E-state index in [9.17, 15) is 14.5 Å². The topological polar surface area (TPSA) is 107 Å². The maximum atomic E-state index is 9.93. The summed E-state index contributed by atoms with van der Waals surface area (Å²) in [6.45, 7) is 0.967. The van der Waals surface area contributed by atoms with Gasteiger partial charge in [0, 0.05) is 0 Å². The fourth-order valence-corrected chi connectivity index (χ4v) is 0.747. The van der Waals surface area contributed by atoms with E-state index < -0.39 is 19.9 Å². The molecule has 0 saturated carbocycles. The van der Waals surface area contributed by atoms with Gasteiger partial charge in [-0.05, 0) is 6.92 Å². The summed E-state index contributed by atoms with van der Waals surface area (Å²) in [5.41, 5.74) is 0. The molecule has 2 N–H and O–H groups in total. The molecule has 0 aromatic carbocycles. The number of phosphoric ester groups is 1. The molecule has 0 heterocycles. The van der Waals surface area contributed by atoms with Crippen molar-refractivity contribution in [3.05, 3.63) is 0 Å². The van der Waals surface area contributed by atoms with Gasteiger partial charge in [-0.15, -0.1) is 0 Å². The Morgan fingerprint density at radius 2 is 2.00 bits per heavy atom. The van der Waals surface area contributed by atoms with Crippen LogP contribution in [-0.2, 0) is 13.9 Å². The Balaban J connectivity index is 0. The Morgan fingerprint density at radius 1 is 1.64 bits per heavy atom. The first-order chi connectivity index (χ1) is 4.33. The molecule has 1 atom stereocenters. The Hall–Kier alpha value is 1.22. The molecule has 0 bridgehead atoms. The van der Waals surface area contributed by atoms with Crippen molar-refractivity contribution in [1.82, 2.24) is 0 Å². The van der Waals surface area contributed by atoms with Crippen LogP contribution in [0.3, 0.4) is 0 Å². The van der Waals surface area contributed by atoms with Crippen LogP contribution < -0.4 is 56.5 Å². The van der Waals surface area contributed by atoms with E-state index in [1.165, 1.54) is 0 Å². The third-order valence-corrected chi connectivity index (χ3v) is 1.22. The number of phosphoric acid groups is 1. The zero-order valence-electron chi connectivity index (χ0n) is 6.05. The van der Waals surface area contributed by atoms with Crippen molar-refractivity contribution in [1.29, 1.82) is 0 Å². The van der Waals surface area contributed by atoms with Crippen molar-refractivity contribution in [2.24, 2.45) is 0 Å². The van der Waals surface area contributed by atoms with Crippen molar-refractivity contribution in [2.45, 2.75) is 13.0 Å². The molecule has 11 heavy (non-hydrogen) atoms. The second kappa shape index (κ2) is 5.79. The molecule has 8 heteroatoms.